The van der Waals surface area contributed by atoms with Gasteiger partial charge < -0.3 is 20.7 Å². The predicted molar refractivity (Wildman–Crippen MR) is 73.9 cm³/mol. The van der Waals surface area contributed by atoms with Crippen molar-refractivity contribution in [1.82, 2.24) is 10.3 Å². The quantitative estimate of drug-likeness (QED) is 0.665. The van der Waals surface area contributed by atoms with E-state index in [9.17, 15) is 9.59 Å². The molecule has 0 aliphatic heterocycles. The number of carbonyl (C=O) groups is 2. The van der Waals surface area contributed by atoms with Gasteiger partial charge in [0.2, 0.25) is 0 Å². The zero-order valence-corrected chi connectivity index (χ0v) is 11.4. The van der Waals surface area contributed by atoms with Crippen LogP contribution >= 0.6 is 0 Å². The van der Waals surface area contributed by atoms with E-state index in [0.717, 1.165) is 0 Å². The minimum absolute atomic E-state index is 0.0204. The minimum atomic E-state index is -1.07. The van der Waals surface area contributed by atoms with Crippen LogP contribution in [0.4, 0.5) is 10.5 Å². The third-order valence-electron chi connectivity index (χ3n) is 3.97. The molecule has 0 spiro atoms. The topological polar surface area (TPSA) is 94.2 Å². The maximum atomic E-state index is 12.0. The molecule has 0 saturated heterocycles. The van der Waals surface area contributed by atoms with Crippen molar-refractivity contribution in [2.75, 3.05) is 5.32 Å². The first-order chi connectivity index (χ1) is 9.54. The standard InChI is InChI=1S/C14H19N3O3/c1-7-6-10(12(15-7)13(18)19)16-14(20)17-11(8-2-3-8)9-4-5-9/h6,8-9,11,15H,2-5H2,1H3,(H,18,19)(H2,16,17,20). The number of rotatable bonds is 5. The van der Waals surface area contributed by atoms with E-state index in [1.165, 1.54) is 25.7 Å². The van der Waals surface area contributed by atoms with Crippen LogP contribution in [0, 0.1) is 18.8 Å². The number of nitrogens with one attached hydrogen (secondary N) is 3. The molecule has 0 aromatic carbocycles. The number of aryl methyl sites for hydroxylation is 1. The summed E-state index contributed by atoms with van der Waals surface area (Å²) in [7, 11) is 0. The molecule has 1 aromatic rings. The van der Waals surface area contributed by atoms with Crippen LogP contribution < -0.4 is 10.6 Å². The Bertz CT molecular complexity index is 532. The molecule has 20 heavy (non-hydrogen) atoms. The second-order valence-electron chi connectivity index (χ2n) is 5.85. The van der Waals surface area contributed by atoms with Crippen molar-refractivity contribution >= 4 is 17.7 Å². The fourth-order valence-electron chi connectivity index (χ4n) is 2.70. The van der Waals surface area contributed by atoms with Gasteiger partial charge in [-0.1, -0.05) is 0 Å². The van der Waals surface area contributed by atoms with Gasteiger partial charge in [0.1, 0.15) is 5.69 Å². The largest absolute Gasteiger partial charge is 0.477 e. The Morgan fingerprint density at radius 2 is 1.90 bits per heavy atom. The average molecular weight is 277 g/mol. The molecule has 6 nitrogen and oxygen atoms in total. The van der Waals surface area contributed by atoms with Gasteiger partial charge in [-0.25, -0.2) is 9.59 Å². The van der Waals surface area contributed by atoms with Crippen LogP contribution in [0.5, 0.6) is 0 Å². The number of aromatic nitrogens is 1. The van der Waals surface area contributed by atoms with Gasteiger partial charge in [-0.05, 0) is 50.5 Å². The van der Waals surface area contributed by atoms with Gasteiger partial charge in [0.15, 0.2) is 0 Å². The van der Waals surface area contributed by atoms with Gasteiger partial charge in [-0.15, -0.1) is 0 Å². The second-order valence-corrected chi connectivity index (χ2v) is 5.85. The molecule has 108 valence electrons. The molecule has 2 fully saturated rings. The Morgan fingerprint density at radius 1 is 1.30 bits per heavy atom. The zero-order valence-electron chi connectivity index (χ0n) is 11.4. The Balaban J connectivity index is 1.64. The summed E-state index contributed by atoms with van der Waals surface area (Å²) in [6.45, 7) is 1.76. The van der Waals surface area contributed by atoms with Crippen molar-refractivity contribution in [2.45, 2.75) is 38.6 Å². The number of urea groups is 1. The van der Waals surface area contributed by atoms with Crippen LogP contribution in [0.2, 0.25) is 0 Å². The van der Waals surface area contributed by atoms with Gasteiger partial charge in [0.05, 0.1) is 5.69 Å². The number of carbonyl (C=O) groups excluding carboxylic acids is 1. The van der Waals surface area contributed by atoms with Gasteiger partial charge >= 0.3 is 12.0 Å². The lowest BCUT2D eigenvalue weighted by Crippen LogP contribution is -2.40. The van der Waals surface area contributed by atoms with Crippen LogP contribution in [0.25, 0.3) is 0 Å². The molecule has 2 saturated carbocycles. The lowest BCUT2D eigenvalue weighted by molar-refractivity contribution is 0.0692. The molecule has 2 aliphatic carbocycles. The number of H-pyrrole nitrogens is 1. The molecule has 3 rings (SSSR count). The van der Waals surface area contributed by atoms with E-state index < -0.39 is 5.97 Å². The minimum Gasteiger partial charge on any atom is -0.477 e. The molecule has 1 aromatic heterocycles. The van der Waals surface area contributed by atoms with Crippen molar-refractivity contribution in [3.05, 3.63) is 17.5 Å². The predicted octanol–water partition coefficient (Wildman–Crippen LogP) is 2.33. The van der Waals surface area contributed by atoms with E-state index in [-0.39, 0.29) is 17.8 Å². The summed E-state index contributed by atoms with van der Waals surface area (Å²) in [6.07, 6.45) is 4.74. The first-order valence-electron chi connectivity index (χ1n) is 7.05. The molecule has 6 heteroatoms. The highest BCUT2D eigenvalue weighted by Crippen LogP contribution is 2.44. The number of hydrogen-bond acceptors (Lipinski definition) is 2. The van der Waals surface area contributed by atoms with E-state index in [4.69, 9.17) is 5.11 Å². The smallest absolute Gasteiger partial charge is 0.354 e. The van der Waals surface area contributed by atoms with E-state index in [2.05, 4.69) is 15.6 Å². The fourth-order valence-corrected chi connectivity index (χ4v) is 2.70. The van der Waals surface area contributed by atoms with Crippen LogP contribution in [-0.2, 0) is 0 Å². The lowest BCUT2D eigenvalue weighted by Gasteiger charge is -2.17. The Labute approximate surface area is 116 Å². The number of anilines is 1. The second kappa shape index (κ2) is 4.85. The van der Waals surface area contributed by atoms with E-state index in [0.29, 0.717) is 23.2 Å². The zero-order chi connectivity index (χ0) is 14.3. The van der Waals surface area contributed by atoms with Gasteiger partial charge in [0, 0.05) is 11.7 Å². The fraction of sp³-hybridized carbons (Fsp3) is 0.571. The summed E-state index contributed by atoms with van der Waals surface area (Å²) in [4.78, 5) is 25.8. The number of aromatic amines is 1. The molecule has 0 unspecified atom stereocenters. The molecule has 2 aliphatic rings. The summed E-state index contributed by atoms with van der Waals surface area (Å²) >= 11 is 0. The third-order valence-corrected chi connectivity index (χ3v) is 3.97. The maximum Gasteiger partial charge on any atom is 0.354 e. The molecule has 0 radical (unpaired) electrons. The summed E-state index contributed by atoms with van der Waals surface area (Å²) < 4.78 is 0. The third kappa shape index (κ3) is 2.79. The highest BCUT2D eigenvalue weighted by Gasteiger charge is 2.42. The number of aromatic carboxylic acids is 1. The summed E-state index contributed by atoms with van der Waals surface area (Å²) in [5, 5.41) is 14.7. The Morgan fingerprint density at radius 3 is 2.40 bits per heavy atom. The number of carboxylic acids is 1. The van der Waals surface area contributed by atoms with E-state index in [1.807, 2.05) is 0 Å². The monoisotopic (exact) mass is 277 g/mol. The molecular weight excluding hydrogens is 258 g/mol. The van der Waals surface area contributed by atoms with Gasteiger partial charge in [-0.2, -0.15) is 0 Å². The van der Waals surface area contributed by atoms with Gasteiger partial charge in [0.25, 0.3) is 0 Å². The molecule has 0 atom stereocenters. The van der Waals surface area contributed by atoms with Crippen LogP contribution in [0.3, 0.4) is 0 Å². The van der Waals surface area contributed by atoms with E-state index >= 15 is 0 Å². The average Bonchev–Trinajstić information content (AvgIpc) is 3.25. The highest BCUT2D eigenvalue weighted by atomic mass is 16.4. The molecule has 4 N–H and O–H groups in total. The normalized spacial score (nSPS) is 18.1. The SMILES string of the molecule is Cc1cc(NC(=O)NC(C2CC2)C2CC2)c(C(=O)O)[nH]1. The van der Waals surface area contributed by atoms with Gasteiger partial charge in [-0.3, -0.25) is 0 Å². The Kier molecular flexibility index (Phi) is 3.16. The Hall–Kier alpha value is -1.98. The van der Waals surface area contributed by atoms with Crippen molar-refractivity contribution < 1.29 is 14.7 Å². The van der Waals surface area contributed by atoms with Crippen molar-refractivity contribution in [2.24, 2.45) is 11.8 Å². The molecular formula is C14H19N3O3. The van der Waals surface area contributed by atoms with E-state index in [1.54, 1.807) is 13.0 Å². The first kappa shape index (κ1) is 13.0. The number of hydrogen-bond donors (Lipinski definition) is 4. The van der Waals surface area contributed by atoms with Crippen LogP contribution in [-0.4, -0.2) is 28.1 Å². The lowest BCUT2D eigenvalue weighted by atomic mass is 10.1. The summed E-state index contributed by atoms with van der Waals surface area (Å²) in [6, 6.07) is 1.57. The van der Waals surface area contributed by atoms with Crippen molar-refractivity contribution in [3.63, 3.8) is 0 Å². The molecule has 2 amide bonds. The maximum absolute atomic E-state index is 12.0. The number of amides is 2. The van der Waals surface area contributed by atoms with Crippen molar-refractivity contribution in [1.29, 1.82) is 0 Å². The highest BCUT2D eigenvalue weighted by molar-refractivity contribution is 5.99. The van der Waals surface area contributed by atoms with Crippen molar-refractivity contribution in [3.8, 4) is 0 Å². The van der Waals surface area contributed by atoms with Crippen LogP contribution in [0.15, 0.2) is 6.07 Å². The molecule has 0 bridgehead atoms. The number of carboxylic acid groups (broad SMARTS) is 1. The summed E-state index contributed by atoms with van der Waals surface area (Å²) in [5.74, 6) is 0.148. The first-order valence-corrected chi connectivity index (χ1v) is 7.05. The molecule has 1 heterocycles. The van der Waals surface area contributed by atoms with Crippen LogP contribution in [0.1, 0.15) is 41.9 Å². The summed E-state index contributed by atoms with van der Waals surface area (Å²) in [5.41, 5.74) is 1.04.